The number of allylic oxidation sites excluding steroid dienone is 1. The molecule has 0 atom stereocenters. The summed E-state index contributed by atoms with van der Waals surface area (Å²) in [5, 5.41) is 10.2. The Morgan fingerprint density at radius 2 is 2.10 bits per heavy atom. The van der Waals surface area contributed by atoms with Gasteiger partial charge in [-0.2, -0.15) is 5.26 Å². The molecule has 3 nitrogen and oxygen atoms in total. The van der Waals surface area contributed by atoms with Crippen LogP contribution in [0.2, 0.25) is 10.0 Å². The van der Waals surface area contributed by atoms with Crippen LogP contribution >= 0.6 is 23.2 Å². The lowest BCUT2D eigenvalue weighted by atomic mass is 10.0. The van der Waals surface area contributed by atoms with Crippen molar-refractivity contribution >= 4 is 34.9 Å². The molecular weight excluding hydrogens is 295 g/mol. The molecule has 0 aliphatic carbocycles. The predicted molar refractivity (Wildman–Crippen MR) is 80.7 cm³/mol. The van der Waals surface area contributed by atoms with E-state index in [0.717, 1.165) is 5.56 Å². The molecule has 2 aromatic rings. The summed E-state index contributed by atoms with van der Waals surface area (Å²) in [5.74, 6) is 0.519. The quantitative estimate of drug-likeness (QED) is 0.786. The number of halogens is 2. The van der Waals surface area contributed by atoms with Crippen molar-refractivity contribution in [2.45, 2.75) is 0 Å². The van der Waals surface area contributed by atoms with Gasteiger partial charge in [-0.3, -0.25) is 0 Å². The molecular formula is C15H10Cl2N2O. The van der Waals surface area contributed by atoms with Gasteiger partial charge in [0.1, 0.15) is 0 Å². The molecule has 2 rings (SSSR count). The van der Waals surface area contributed by atoms with Gasteiger partial charge in [0.25, 0.3) is 0 Å². The molecule has 0 saturated carbocycles. The number of hydrogen-bond donors (Lipinski definition) is 0. The van der Waals surface area contributed by atoms with Crippen molar-refractivity contribution in [2.24, 2.45) is 0 Å². The highest BCUT2D eigenvalue weighted by atomic mass is 35.5. The van der Waals surface area contributed by atoms with Gasteiger partial charge >= 0.3 is 0 Å². The van der Waals surface area contributed by atoms with Gasteiger partial charge in [-0.15, -0.1) is 0 Å². The van der Waals surface area contributed by atoms with Gasteiger partial charge < -0.3 is 4.74 Å². The van der Waals surface area contributed by atoms with Gasteiger partial charge in [0.2, 0.25) is 5.88 Å². The van der Waals surface area contributed by atoms with Crippen molar-refractivity contribution in [3.63, 3.8) is 0 Å². The summed E-state index contributed by atoms with van der Waals surface area (Å²) < 4.78 is 4.98. The van der Waals surface area contributed by atoms with Crippen LogP contribution in [0, 0.1) is 11.3 Å². The number of pyridine rings is 1. The smallest absolute Gasteiger partial charge is 0.212 e. The van der Waals surface area contributed by atoms with Crippen molar-refractivity contribution in [2.75, 3.05) is 7.11 Å². The minimum Gasteiger partial charge on any atom is -0.481 e. The molecule has 1 heterocycles. The summed E-state index contributed by atoms with van der Waals surface area (Å²) in [4.78, 5) is 4.08. The van der Waals surface area contributed by atoms with E-state index in [-0.39, 0.29) is 0 Å². The van der Waals surface area contributed by atoms with Crippen LogP contribution < -0.4 is 4.74 Å². The van der Waals surface area contributed by atoms with E-state index >= 15 is 0 Å². The Hall–Kier alpha value is -2.02. The van der Waals surface area contributed by atoms with E-state index < -0.39 is 0 Å². The van der Waals surface area contributed by atoms with E-state index in [0.29, 0.717) is 27.1 Å². The average Bonchev–Trinajstić information content (AvgIpc) is 2.46. The molecule has 100 valence electrons. The second-order valence-electron chi connectivity index (χ2n) is 3.93. The van der Waals surface area contributed by atoms with Crippen molar-refractivity contribution in [1.82, 2.24) is 4.98 Å². The molecule has 0 spiro atoms. The number of methoxy groups -OCH3 is 1. The maximum atomic E-state index is 9.28. The number of benzene rings is 1. The molecule has 0 amide bonds. The summed E-state index contributed by atoms with van der Waals surface area (Å²) in [6.07, 6.45) is 3.33. The number of rotatable bonds is 3. The van der Waals surface area contributed by atoms with Gasteiger partial charge in [0.05, 0.1) is 23.8 Å². The largest absolute Gasteiger partial charge is 0.481 e. The Bertz CT molecular complexity index is 688. The molecule has 5 heteroatoms. The normalized spacial score (nSPS) is 11.0. The first kappa shape index (κ1) is 14.4. The van der Waals surface area contributed by atoms with Crippen molar-refractivity contribution in [3.05, 3.63) is 57.7 Å². The van der Waals surface area contributed by atoms with E-state index in [1.54, 1.807) is 43.6 Å². The lowest BCUT2D eigenvalue weighted by Crippen LogP contribution is -1.88. The lowest BCUT2D eigenvalue weighted by Gasteiger charge is -2.04. The molecule has 0 radical (unpaired) electrons. The molecule has 0 bridgehead atoms. The number of hydrogen-bond acceptors (Lipinski definition) is 3. The second-order valence-corrected chi connectivity index (χ2v) is 4.77. The minimum absolute atomic E-state index is 0.437. The van der Waals surface area contributed by atoms with Crippen LogP contribution in [0.25, 0.3) is 11.6 Å². The predicted octanol–water partition coefficient (Wildman–Crippen LogP) is 4.46. The van der Waals surface area contributed by atoms with Gasteiger partial charge in [-0.25, -0.2) is 4.98 Å². The molecule has 0 unspecified atom stereocenters. The SMILES string of the molecule is COc1ccc(/C=C(\C#N)c2ccc(Cl)cc2Cl)cn1. The van der Waals surface area contributed by atoms with E-state index in [9.17, 15) is 5.26 Å². The number of nitriles is 1. The molecule has 0 aliphatic heterocycles. The van der Waals surface area contributed by atoms with Crippen LogP contribution in [0.15, 0.2) is 36.5 Å². The highest BCUT2D eigenvalue weighted by molar-refractivity contribution is 6.36. The highest BCUT2D eigenvalue weighted by Crippen LogP contribution is 2.28. The van der Waals surface area contributed by atoms with Crippen LogP contribution in [-0.2, 0) is 0 Å². The number of aromatic nitrogens is 1. The molecule has 0 N–H and O–H groups in total. The van der Waals surface area contributed by atoms with Crippen LogP contribution in [0.1, 0.15) is 11.1 Å². The third-order valence-electron chi connectivity index (χ3n) is 2.62. The molecule has 20 heavy (non-hydrogen) atoms. The highest BCUT2D eigenvalue weighted by Gasteiger charge is 2.07. The van der Waals surface area contributed by atoms with E-state index in [1.807, 2.05) is 6.07 Å². The first-order valence-electron chi connectivity index (χ1n) is 5.71. The standard InChI is InChI=1S/C15H10Cl2N2O/c1-20-15-5-2-10(9-19-15)6-11(8-18)13-4-3-12(16)7-14(13)17/h2-7,9H,1H3/b11-6+. The summed E-state index contributed by atoms with van der Waals surface area (Å²) in [5.41, 5.74) is 1.86. The summed E-state index contributed by atoms with van der Waals surface area (Å²) in [6.45, 7) is 0. The van der Waals surface area contributed by atoms with E-state index in [1.165, 1.54) is 0 Å². The third-order valence-corrected chi connectivity index (χ3v) is 3.17. The fourth-order valence-corrected chi connectivity index (χ4v) is 2.15. The Labute approximate surface area is 127 Å². The van der Waals surface area contributed by atoms with Crippen molar-refractivity contribution < 1.29 is 4.74 Å². The van der Waals surface area contributed by atoms with Crippen LogP contribution in [0.3, 0.4) is 0 Å². The maximum absolute atomic E-state index is 9.28. The Kier molecular flexibility index (Phi) is 4.62. The Morgan fingerprint density at radius 1 is 1.30 bits per heavy atom. The zero-order valence-electron chi connectivity index (χ0n) is 10.6. The van der Waals surface area contributed by atoms with E-state index in [2.05, 4.69) is 11.1 Å². The summed E-state index contributed by atoms with van der Waals surface area (Å²) >= 11 is 12.0. The first-order valence-corrected chi connectivity index (χ1v) is 6.47. The van der Waals surface area contributed by atoms with Gasteiger partial charge in [-0.05, 0) is 29.8 Å². The van der Waals surface area contributed by atoms with E-state index in [4.69, 9.17) is 27.9 Å². The fraction of sp³-hybridized carbons (Fsp3) is 0.0667. The molecule has 1 aromatic heterocycles. The maximum Gasteiger partial charge on any atom is 0.212 e. The third kappa shape index (κ3) is 3.30. The zero-order chi connectivity index (χ0) is 14.5. The van der Waals surface area contributed by atoms with Gasteiger partial charge in [-0.1, -0.05) is 29.3 Å². The van der Waals surface area contributed by atoms with Gasteiger partial charge in [0, 0.05) is 22.8 Å². The zero-order valence-corrected chi connectivity index (χ0v) is 12.1. The second kappa shape index (κ2) is 6.42. The number of nitrogens with zero attached hydrogens (tertiary/aromatic N) is 2. The molecule has 1 aromatic carbocycles. The van der Waals surface area contributed by atoms with Gasteiger partial charge in [0.15, 0.2) is 0 Å². The minimum atomic E-state index is 0.437. The summed E-state index contributed by atoms with van der Waals surface area (Å²) in [6, 6.07) is 10.7. The topological polar surface area (TPSA) is 45.9 Å². The van der Waals surface area contributed by atoms with Crippen molar-refractivity contribution in [1.29, 1.82) is 5.26 Å². The first-order chi connectivity index (χ1) is 9.63. The summed E-state index contributed by atoms with van der Waals surface area (Å²) in [7, 11) is 1.55. The lowest BCUT2D eigenvalue weighted by molar-refractivity contribution is 0.398. The van der Waals surface area contributed by atoms with Crippen LogP contribution in [-0.4, -0.2) is 12.1 Å². The van der Waals surface area contributed by atoms with Crippen LogP contribution in [0.5, 0.6) is 5.88 Å². The number of ether oxygens (including phenoxy) is 1. The fourth-order valence-electron chi connectivity index (χ4n) is 1.64. The molecule has 0 aliphatic rings. The Morgan fingerprint density at radius 3 is 2.65 bits per heavy atom. The average molecular weight is 305 g/mol. The van der Waals surface area contributed by atoms with Crippen molar-refractivity contribution in [3.8, 4) is 11.9 Å². The monoisotopic (exact) mass is 304 g/mol. The molecule has 0 fully saturated rings. The Balaban J connectivity index is 2.40. The molecule has 0 saturated heterocycles. The van der Waals surface area contributed by atoms with Crippen LogP contribution in [0.4, 0.5) is 0 Å².